The van der Waals surface area contributed by atoms with Gasteiger partial charge in [-0.25, -0.2) is 4.57 Å². The van der Waals surface area contributed by atoms with Crippen LogP contribution in [0.25, 0.3) is 0 Å². The average molecular weight is 388 g/mol. The highest BCUT2D eigenvalue weighted by Gasteiger charge is 2.11. The van der Waals surface area contributed by atoms with Crippen LogP contribution in [0.1, 0.15) is 11.1 Å². The molecule has 0 bridgehead atoms. The monoisotopic (exact) mass is 386 g/mol. The Kier molecular flexibility index (Phi) is 5.12. The molecule has 0 radical (unpaired) electrons. The summed E-state index contributed by atoms with van der Waals surface area (Å²) < 4.78 is 3.75. The minimum atomic E-state index is 0.567. The molecule has 0 atom stereocenters. The summed E-state index contributed by atoms with van der Waals surface area (Å²) in [7, 11) is 0. The largest absolute Gasteiger partial charge is 0.265 e. The van der Waals surface area contributed by atoms with Crippen LogP contribution in [0, 0.1) is 0 Å². The SMILES string of the molecule is Clc1ccc(Cn2c[n+](Cc3ccc(Cl)cc3Cl)cn2)c(Cl)c1. The molecule has 3 nitrogen and oxygen atoms in total. The third kappa shape index (κ3) is 4.18. The maximum absolute atomic E-state index is 6.20. The van der Waals surface area contributed by atoms with E-state index in [1.54, 1.807) is 23.1 Å². The summed E-state index contributed by atoms with van der Waals surface area (Å²) >= 11 is 24.2. The molecule has 1 aromatic heterocycles. The molecule has 0 aliphatic heterocycles. The van der Waals surface area contributed by atoms with Crippen molar-refractivity contribution >= 4 is 46.4 Å². The Morgan fingerprint density at radius 1 is 0.870 bits per heavy atom. The predicted molar refractivity (Wildman–Crippen MR) is 93.6 cm³/mol. The zero-order valence-corrected chi connectivity index (χ0v) is 14.9. The molecule has 0 spiro atoms. The van der Waals surface area contributed by atoms with Gasteiger partial charge in [-0.15, -0.1) is 4.68 Å². The van der Waals surface area contributed by atoms with Crippen molar-refractivity contribution in [2.45, 2.75) is 13.1 Å². The standard InChI is InChI=1S/C16H12Cl4N3/c17-13-3-1-11(15(19)5-13)7-22-9-21-23(10-22)8-12-2-4-14(18)6-16(12)20/h1-6,9-10H,7-8H2/q+1. The van der Waals surface area contributed by atoms with Gasteiger partial charge >= 0.3 is 0 Å². The van der Waals surface area contributed by atoms with Gasteiger partial charge in [-0.2, -0.15) is 0 Å². The summed E-state index contributed by atoms with van der Waals surface area (Å²) in [6, 6.07) is 10.9. The first kappa shape index (κ1) is 16.6. The molecule has 0 N–H and O–H groups in total. The molecule has 3 aromatic rings. The summed E-state index contributed by atoms with van der Waals surface area (Å²) in [6.45, 7) is 1.18. The van der Waals surface area contributed by atoms with Gasteiger partial charge in [-0.3, -0.25) is 0 Å². The Bertz CT molecular complexity index is 777. The lowest BCUT2D eigenvalue weighted by Crippen LogP contribution is -2.31. The van der Waals surface area contributed by atoms with Gasteiger partial charge in [0.15, 0.2) is 0 Å². The van der Waals surface area contributed by atoms with Crippen molar-refractivity contribution < 1.29 is 4.57 Å². The Labute approximate surface area is 154 Å². The second-order valence-corrected chi connectivity index (χ2v) is 6.78. The van der Waals surface area contributed by atoms with Crippen LogP contribution in [0.5, 0.6) is 0 Å². The number of nitrogens with zero attached hydrogens (tertiary/aromatic N) is 3. The quantitative estimate of drug-likeness (QED) is 0.584. The van der Waals surface area contributed by atoms with Gasteiger partial charge in [0.05, 0.1) is 6.54 Å². The highest BCUT2D eigenvalue weighted by molar-refractivity contribution is 6.35. The maximum atomic E-state index is 6.20. The molecule has 0 unspecified atom stereocenters. The van der Waals surface area contributed by atoms with Crippen molar-refractivity contribution in [3.05, 3.63) is 80.3 Å². The maximum Gasteiger partial charge on any atom is 0.265 e. The first-order valence-corrected chi connectivity index (χ1v) is 8.32. The molecule has 23 heavy (non-hydrogen) atoms. The van der Waals surface area contributed by atoms with Crippen LogP contribution < -0.4 is 4.57 Å². The average Bonchev–Trinajstić information content (AvgIpc) is 2.92. The summed E-state index contributed by atoms with van der Waals surface area (Å²) in [4.78, 5) is 0. The highest BCUT2D eigenvalue weighted by Crippen LogP contribution is 2.22. The normalized spacial score (nSPS) is 11.0. The molecule has 1 heterocycles. The van der Waals surface area contributed by atoms with Crippen molar-refractivity contribution in [3.8, 4) is 0 Å². The van der Waals surface area contributed by atoms with E-state index in [1.165, 1.54) is 0 Å². The minimum Gasteiger partial charge on any atom is -0.233 e. The smallest absolute Gasteiger partial charge is 0.233 e. The van der Waals surface area contributed by atoms with E-state index in [4.69, 9.17) is 46.4 Å². The van der Waals surface area contributed by atoms with Gasteiger partial charge in [0.25, 0.3) is 6.33 Å². The second-order valence-electron chi connectivity index (χ2n) is 5.09. The lowest BCUT2D eigenvalue weighted by Gasteiger charge is -2.02. The Hall–Kier alpha value is -1.26. The fourth-order valence-corrected chi connectivity index (χ4v) is 3.13. The van der Waals surface area contributed by atoms with E-state index in [1.807, 2.05) is 35.2 Å². The molecule has 3 rings (SSSR count). The Balaban J connectivity index is 1.75. The number of hydrogen-bond donors (Lipinski definition) is 0. The van der Waals surface area contributed by atoms with Gasteiger partial charge in [0.1, 0.15) is 6.54 Å². The summed E-state index contributed by atoms with van der Waals surface area (Å²) in [5, 5.41) is 6.84. The topological polar surface area (TPSA) is 21.7 Å². The first-order valence-electron chi connectivity index (χ1n) is 6.80. The minimum absolute atomic E-state index is 0.567. The van der Waals surface area contributed by atoms with E-state index < -0.39 is 0 Å². The molecular formula is C16H12Cl4N3+. The summed E-state index contributed by atoms with van der Waals surface area (Å²) in [5.74, 6) is 0. The van der Waals surface area contributed by atoms with Gasteiger partial charge < -0.3 is 0 Å². The molecule has 118 valence electrons. The number of benzene rings is 2. The van der Waals surface area contributed by atoms with E-state index >= 15 is 0 Å². The van der Waals surface area contributed by atoms with Crippen molar-refractivity contribution in [2.75, 3.05) is 0 Å². The van der Waals surface area contributed by atoms with Gasteiger partial charge in [0.2, 0.25) is 6.33 Å². The van der Waals surface area contributed by atoms with Crippen LogP contribution in [0.2, 0.25) is 20.1 Å². The predicted octanol–water partition coefficient (Wildman–Crippen LogP) is 4.88. The Morgan fingerprint density at radius 3 is 2.09 bits per heavy atom. The fraction of sp³-hybridized carbons (Fsp3) is 0.125. The van der Waals surface area contributed by atoms with E-state index in [0.717, 1.165) is 11.1 Å². The van der Waals surface area contributed by atoms with Gasteiger partial charge in [-0.05, 0) is 24.3 Å². The highest BCUT2D eigenvalue weighted by atomic mass is 35.5. The van der Waals surface area contributed by atoms with Crippen LogP contribution in [0.15, 0.2) is 49.1 Å². The lowest BCUT2D eigenvalue weighted by atomic mass is 10.2. The molecule has 0 amide bonds. The molecule has 0 aliphatic carbocycles. The van der Waals surface area contributed by atoms with Gasteiger partial charge in [0, 0.05) is 36.3 Å². The number of aromatic nitrogens is 3. The molecule has 0 fully saturated rings. The number of halogens is 4. The van der Waals surface area contributed by atoms with E-state index in [9.17, 15) is 0 Å². The van der Waals surface area contributed by atoms with E-state index in [2.05, 4.69) is 5.10 Å². The molecule has 2 aromatic carbocycles. The number of hydrogen-bond acceptors (Lipinski definition) is 1. The van der Waals surface area contributed by atoms with Crippen LogP contribution in [0.3, 0.4) is 0 Å². The fourth-order valence-electron chi connectivity index (χ4n) is 2.20. The van der Waals surface area contributed by atoms with Crippen LogP contribution in [0.4, 0.5) is 0 Å². The van der Waals surface area contributed by atoms with Crippen LogP contribution in [-0.2, 0) is 13.1 Å². The summed E-state index contributed by atoms with van der Waals surface area (Å²) in [5.41, 5.74) is 1.93. The molecule has 7 heteroatoms. The van der Waals surface area contributed by atoms with E-state index in [-0.39, 0.29) is 0 Å². The van der Waals surface area contributed by atoms with Crippen LogP contribution >= 0.6 is 46.4 Å². The van der Waals surface area contributed by atoms with Crippen molar-refractivity contribution in [1.29, 1.82) is 0 Å². The number of rotatable bonds is 4. The van der Waals surface area contributed by atoms with Crippen molar-refractivity contribution in [3.63, 3.8) is 0 Å². The Morgan fingerprint density at radius 2 is 1.48 bits per heavy atom. The molecule has 0 aliphatic rings. The molecule has 0 saturated carbocycles. The third-order valence-electron chi connectivity index (χ3n) is 3.35. The first-order chi connectivity index (χ1) is 11.0. The zero-order valence-electron chi connectivity index (χ0n) is 11.9. The van der Waals surface area contributed by atoms with Gasteiger partial charge in [-0.1, -0.05) is 58.5 Å². The third-order valence-corrected chi connectivity index (χ3v) is 4.52. The second kappa shape index (κ2) is 7.10. The van der Waals surface area contributed by atoms with Crippen LogP contribution in [-0.4, -0.2) is 9.78 Å². The molecule has 0 saturated heterocycles. The lowest BCUT2D eigenvalue weighted by molar-refractivity contribution is -0.689. The zero-order chi connectivity index (χ0) is 16.4. The van der Waals surface area contributed by atoms with Crippen molar-refractivity contribution in [1.82, 2.24) is 9.78 Å². The summed E-state index contributed by atoms with van der Waals surface area (Å²) in [6.07, 6.45) is 3.64. The van der Waals surface area contributed by atoms with Crippen molar-refractivity contribution in [2.24, 2.45) is 0 Å². The van der Waals surface area contributed by atoms with E-state index in [0.29, 0.717) is 33.2 Å². The molecular weight excluding hydrogens is 376 g/mol.